The zero-order chi connectivity index (χ0) is 7.98. The van der Waals surface area contributed by atoms with E-state index < -0.39 is 0 Å². The first-order valence-corrected chi connectivity index (χ1v) is 3.49. The fourth-order valence-electron chi connectivity index (χ4n) is 0.390. The summed E-state index contributed by atoms with van der Waals surface area (Å²) in [4.78, 5) is 4.85. The molecule has 4 heteroatoms. The van der Waals surface area contributed by atoms with E-state index in [1.807, 2.05) is 13.8 Å². The highest BCUT2D eigenvalue weighted by atomic mass is 16.9. The summed E-state index contributed by atoms with van der Waals surface area (Å²) in [6.45, 7) is 4.74. The summed E-state index contributed by atoms with van der Waals surface area (Å²) < 4.78 is 0. The molecule has 0 rings (SSSR count). The van der Waals surface area contributed by atoms with E-state index in [0.29, 0.717) is 13.2 Å². The summed E-state index contributed by atoms with van der Waals surface area (Å²) in [5.74, 6) is 0. The van der Waals surface area contributed by atoms with Crippen molar-refractivity contribution in [2.24, 2.45) is 5.73 Å². The molecule has 0 aliphatic heterocycles. The van der Waals surface area contributed by atoms with Crippen molar-refractivity contribution in [2.75, 3.05) is 13.2 Å². The molecule has 0 radical (unpaired) electrons. The predicted octanol–water partition coefficient (Wildman–Crippen LogP) is 0.366. The topological polar surface area (TPSA) is 58.7 Å². The molecule has 0 bridgehead atoms. The van der Waals surface area contributed by atoms with Crippen molar-refractivity contribution < 1.29 is 10.0 Å². The lowest BCUT2D eigenvalue weighted by Crippen LogP contribution is -2.28. The molecule has 0 saturated carbocycles. The van der Waals surface area contributed by atoms with Gasteiger partial charge in [-0.15, -0.1) is 0 Å². The number of nitrogens with two attached hydrogens (primary N) is 1. The summed E-state index contributed by atoms with van der Waals surface area (Å²) in [5, 5.41) is 9.77. The molecular weight excluding hydrogens is 132 g/mol. The van der Waals surface area contributed by atoms with Gasteiger partial charge in [-0.25, -0.2) is 0 Å². The fraction of sp³-hybridized carbons (Fsp3) is 1.00. The molecule has 0 unspecified atom stereocenters. The fourth-order valence-corrected chi connectivity index (χ4v) is 0.390. The number of hydrogen-bond donors (Lipinski definition) is 2. The third kappa shape index (κ3) is 4.69. The quantitative estimate of drug-likeness (QED) is 0.437. The molecule has 0 heterocycles. The van der Waals surface area contributed by atoms with Crippen LogP contribution in [-0.2, 0) is 4.84 Å². The highest BCUT2D eigenvalue weighted by Crippen LogP contribution is 1.93. The van der Waals surface area contributed by atoms with Crippen LogP contribution in [0.3, 0.4) is 0 Å². The minimum absolute atomic E-state index is 0.00206. The molecule has 10 heavy (non-hydrogen) atoms. The SMILES string of the molecule is CC(C)N(O)OCCCN. The highest BCUT2D eigenvalue weighted by molar-refractivity contribution is 4.39. The Labute approximate surface area is 61.5 Å². The van der Waals surface area contributed by atoms with Crippen LogP contribution in [0.15, 0.2) is 0 Å². The smallest absolute Gasteiger partial charge is 0.0723 e. The van der Waals surface area contributed by atoms with Crippen molar-refractivity contribution in [1.29, 1.82) is 0 Å². The van der Waals surface area contributed by atoms with Gasteiger partial charge in [-0.05, 0) is 26.8 Å². The maximum Gasteiger partial charge on any atom is 0.0723 e. The van der Waals surface area contributed by atoms with E-state index >= 15 is 0 Å². The van der Waals surface area contributed by atoms with Crippen molar-refractivity contribution in [3.63, 3.8) is 0 Å². The molecule has 0 atom stereocenters. The van der Waals surface area contributed by atoms with Crippen LogP contribution in [0.4, 0.5) is 0 Å². The summed E-state index contributed by atoms with van der Waals surface area (Å²) in [6, 6.07) is -0.00206. The Kier molecular flexibility index (Phi) is 5.52. The Hall–Kier alpha value is -0.160. The van der Waals surface area contributed by atoms with Crippen LogP contribution in [0.5, 0.6) is 0 Å². The summed E-state index contributed by atoms with van der Waals surface area (Å²) in [7, 11) is 0. The average Bonchev–Trinajstić information content (AvgIpc) is 1.88. The van der Waals surface area contributed by atoms with E-state index in [9.17, 15) is 0 Å². The van der Waals surface area contributed by atoms with Crippen molar-refractivity contribution in [2.45, 2.75) is 26.3 Å². The van der Waals surface area contributed by atoms with Gasteiger partial charge in [-0.1, -0.05) is 5.23 Å². The number of hydroxylamine groups is 2. The molecule has 0 aromatic rings. The molecule has 0 spiro atoms. The van der Waals surface area contributed by atoms with Gasteiger partial charge in [0.15, 0.2) is 0 Å². The molecule has 3 N–H and O–H groups in total. The van der Waals surface area contributed by atoms with Gasteiger partial charge in [-0.3, -0.25) is 10.0 Å². The maximum absolute atomic E-state index is 8.92. The minimum atomic E-state index is -0.00206. The van der Waals surface area contributed by atoms with Crippen LogP contribution in [0.25, 0.3) is 0 Å². The number of rotatable bonds is 5. The van der Waals surface area contributed by atoms with Crippen molar-refractivity contribution in [3.8, 4) is 0 Å². The van der Waals surface area contributed by atoms with E-state index in [1.165, 1.54) is 0 Å². The van der Waals surface area contributed by atoms with E-state index in [-0.39, 0.29) is 6.04 Å². The normalized spacial score (nSPS) is 11.4. The van der Waals surface area contributed by atoms with Gasteiger partial charge >= 0.3 is 0 Å². The zero-order valence-electron chi connectivity index (χ0n) is 6.58. The standard InChI is InChI=1S/C6H16N2O2/c1-6(2)8(9)10-5-3-4-7/h6,9H,3-5,7H2,1-2H3. The highest BCUT2D eigenvalue weighted by Gasteiger charge is 2.03. The van der Waals surface area contributed by atoms with Crippen LogP contribution in [-0.4, -0.2) is 29.6 Å². The van der Waals surface area contributed by atoms with Gasteiger partial charge in [0.25, 0.3) is 0 Å². The maximum atomic E-state index is 8.92. The molecule has 4 nitrogen and oxygen atoms in total. The Balaban J connectivity index is 3.13. The predicted molar refractivity (Wildman–Crippen MR) is 38.4 cm³/mol. The molecular formula is C6H16N2O2. The molecule has 0 amide bonds. The first kappa shape index (κ1) is 9.84. The first-order valence-electron chi connectivity index (χ1n) is 3.49. The van der Waals surface area contributed by atoms with Crippen LogP contribution in [0, 0.1) is 0 Å². The Morgan fingerprint density at radius 1 is 1.60 bits per heavy atom. The van der Waals surface area contributed by atoms with Gasteiger partial charge in [0.2, 0.25) is 0 Å². The van der Waals surface area contributed by atoms with Gasteiger partial charge < -0.3 is 5.73 Å². The van der Waals surface area contributed by atoms with Crippen LogP contribution in [0.2, 0.25) is 0 Å². The van der Waals surface area contributed by atoms with Crippen molar-refractivity contribution in [1.82, 2.24) is 5.23 Å². The van der Waals surface area contributed by atoms with E-state index in [4.69, 9.17) is 15.8 Å². The molecule has 0 aliphatic rings. The summed E-state index contributed by atoms with van der Waals surface area (Å²) in [5.41, 5.74) is 5.21. The Morgan fingerprint density at radius 2 is 2.20 bits per heavy atom. The summed E-state index contributed by atoms with van der Waals surface area (Å²) >= 11 is 0. The lowest BCUT2D eigenvalue weighted by atomic mass is 10.4. The molecule has 0 aliphatic carbocycles. The molecule has 0 fully saturated rings. The Morgan fingerprint density at radius 3 is 2.60 bits per heavy atom. The molecule has 0 aromatic carbocycles. The van der Waals surface area contributed by atoms with Gasteiger partial charge in [-0.2, -0.15) is 0 Å². The second-order valence-electron chi connectivity index (χ2n) is 2.37. The zero-order valence-corrected chi connectivity index (χ0v) is 6.58. The van der Waals surface area contributed by atoms with Gasteiger partial charge in [0.1, 0.15) is 0 Å². The summed E-state index contributed by atoms with van der Waals surface area (Å²) in [6.07, 6.45) is 0.768. The first-order chi connectivity index (χ1) is 4.68. The van der Waals surface area contributed by atoms with E-state index in [2.05, 4.69) is 0 Å². The second-order valence-corrected chi connectivity index (χ2v) is 2.37. The van der Waals surface area contributed by atoms with Gasteiger partial charge in [0.05, 0.1) is 12.6 Å². The van der Waals surface area contributed by atoms with E-state index in [0.717, 1.165) is 11.6 Å². The third-order valence-corrected chi connectivity index (χ3v) is 1.01. The lowest BCUT2D eigenvalue weighted by Gasteiger charge is -2.17. The molecule has 0 saturated heterocycles. The monoisotopic (exact) mass is 148 g/mol. The van der Waals surface area contributed by atoms with E-state index in [1.54, 1.807) is 0 Å². The average molecular weight is 148 g/mol. The minimum Gasteiger partial charge on any atom is -0.330 e. The largest absolute Gasteiger partial charge is 0.330 e. The molecule has 0 aromatic heterocycles. The Bertz CT molecular complexity index is 78.1. The van der Waals surface area contributed by atoms with Crippen molar-refractivity contribution >= 4 is 0 Å². The van der Waals surface area contributed by atoms with Crippen LogP contribution >= 0.6 is 0 Å². The second kappa shape index (κ2) is 5.61. The van der Waals surface area contributed by atoms with Crippen LogP contribution in [0.1, 0.15) is 20.3 Å². The van der Waals surface area contributed by atoms with Crippen LogP contribution < -0.4 is 5.73 Å². The third-order valence-electron chi connectivity index (χ3n) is 1.01. The molecule has 62 valence electrons. The number of hydrogen-bond acceptors (Lipinski definition) is 4. The lowest BCUT2D eigenvalue weighted by molar-refractivity contribution is -0.357. The van der Waals surface area contributed by atoms with Gasteiger partial charge in [0, 0.05) is 0 Å². The van der Waals surface area contributed by atoms with Crippen molar-refractivity contribution in [3.05, 3.63) is 0 Å². The number of nitrogens with zero attached hydrogens (tertiary/aromatic N) is 1.